The van der Waals surface area contributed by atoms with Crippen LogP contribution in [0.3, 0.4) is 0 Å². The van der Waals surface area contributed by atoms with E-state index in [1.807, 2.05) is 51.4 Å². The van der Waals surface area contributed by atoms with Gasteiger partial charge in [-0.25, -0.2) is 14.8 Å². The van der Waals surface area contributed by atoms with Gasteiger partial charge < -0.3 is 19.8 Å². The third-order valence-corrected chi connectivity index (χ3v) is 10.0. The minimum Gasteiger partial charge on any atom is -0.481 e. The maximum atomic E-state index is 12.9. The van der Waals surface area contributed by atoms with Crippen molar-refractivity contribution in [3.05, 3.63) is 121 Å². The topological polar surface area (TPSA) is 124 Å². The smallest absolute Gasteiger partial charge is 0.410 e. The first kappa shape index (κ1) is 35.7. The van der Waals surface area contributed by atoms with Crippen molar-refractivity contribution in [1.82, 2.24) is 24.8 Å². The summed E-state index contributed by atoms with van der Waals surface area (Å²) in [7, 11) is 0. The number of aromatic nitrogens is 4. The van der Waals surface area contributed by atoms with Gasteiger partial charge >= 0.3 is 12.1 Å². The summed E-state index contributed by atoms with van der Waals surface area (Å²) in [6, 6.07) is 30.7. The number of imidazole rings is 2. The molecule has 4 aromatic carbocycles. The maximum Gasteiger partial charge on any atom is 0.410 e. The minimum atomic E-state index is -0.786. The molecule has 0 bridgehead atoms. The van der Waals surface area contributed by atoms with E-state index in [9.17, 15) is 9.59 Å². The zero-order chi connectivity index (χ0) is 37.0. The van der Waals surface area contributed by atoms with Crippen molar-refractivity contribution < 1.29 is 19.4 Å². The molecule has 3 N–H and O–H groups in total. The molecule has 1 amide bonds. The summed E-state index contributed by atoms with van der Waals surface area (Å²) in [6.45, 7) is 6.37. The molecule has 1 aliphatic carbocycles. The van der Waals surface area contributed by atoms with Gasteiger partial charge in [-0.3, -0.25) is 9.69 Å². The van der Waals surface area contributed by atoms with Crippen LogP contribution in [0.2, 0.25) is 0 Å². The lowest BCUT2D eigenvalue weighted by Gasteiger charge is -2.27. The van der Waals surface area contributed by atoms with Crippen molar-refractivity contribution in [3.63, 3.8) is 0 Å². The van der Waals surface area contributed by atoms with Gasteiger partial charge in [0.25, 0.3) is 0 Å². The number of H-pyrrole nitrogens is 2. The third kappa shape index (κ3) is 8.35. The van der Waals surface area contributed by atoms with E-state index < -0.39 is 11.6 Å². The van der Waals surface area contributed by atoms with Crippen LogP contribution in [0, 0.1) is 0 Å². The Hall–Kier alpha value is -5.70. The minimum absolute atomic E-state index is 0.112. The number of nitrogens with zero attached hydrogens (tertiary/aromatic N) is 3. The van der Waals surface area contributed by atoms with E-state index in [0.717, 1.165) is 58.0 Å². The number of aliphatic carboxylic acids is 1. The number of rotatable bonds is 7. The molecule has 8 rings (SSSR count). The molecule has 0 unspecified atom stereocenters. The molecule has 1 saturated carbocycles. The molecule has 2 aromatic heterocycles. The van der Waals surface area contributed by atoms with Crippen LogP contribution >= 0.6 is 0 Å². The zero-order valence-electron chi connectivity index (χ0n) is 30.6. The van der Waals surface area contributed by atoms with Gasteiger partial charge in [-0.15, -0.1) is 0 Å². The second kappa shape index (κ2) is 15.5. The summed E-state index contributed by atoms with van der Waals surface area (Å²) in [6.07, 6.45) is 10.6. The number of aromatic amines is 2. The van der Waals surface area contributed by atoms with Crippen LogP contribution in [-0.4, -0.2) is 54.2 Å². The predicted octanol–water partition coefficient (Wildman–Crippen LogP) is 10.3. The summed E-state index contributed by atoms with van der Waals surface area (Å²) >= 11 is 0. The fourth-order valence-corrected chi connectivity index (χ4v) is 7.51. The Morgan fingerprint density at radius 1 is 0.736 bits per heavy atom. The van der Waals surface area contributed by atoms with E-state index in [2.05, 4.69) is 70.6 Å². The van der Waals surface area contributed by atoms with E-state index >= 15 is 0 Å². The average molecular weight is 710 g/mol. The lowest BCUT2D eigenvalue weighted by Crippen LogP contribution is -2.36. The Bertz CT molecular complexity index is 2180. The van der Waals surface area contributed by atoms with Crippen LogP contribution in [0.4, 0.5) is 4.79 Å². The zero-order valence-corrected chi connectivity index (χ0v) is 30.6. The summed E-state index contributed by atoms with van der Waals surface area (Å²) in [5.41, 5.74) is 6.94. The maximum absolute atomic E-state index is 12.9. The highest BCUT2D eigenvalue weighted by atomic mass is 16.6. The highest BCUT2D eigenvalue weighted by Crippen LogP contribution is 2.38. The summed E-state index contributed by atoms with van der Waals surface area (Å²) in [4.78, 5) is 41.4. The first-order chi connectivity index (χ1) is 25.6. The number of amides is 1. The van der Waals surface area contributed by atoms with Crippen LogP contribution < -0.4 is 0 Å². The molecule has 53 heavy (non-hydrogen) atoms. The van der Waals surface area contributed by atoms with E-state index in [1.54, 1.807) is 17.0 Å². The second-order valence-electron chi connectivity index (χ2n) is 15.0. The fourth-order valence-electron chi connectivity index (χ4n) is 7.51. The van der Waals surface area contributed by atoms with Crippen LogP contribution in [0.15, 0.2) is 103 Å². The largest absolute Gasteiger partial charge is 0.481 e. The first-order valence-electron chi connectivity index (χ1n) is 18.6. The molecular weight excluding hydrogens is 663 g/mol. The molecular formula is C44H47N5O4. The Balaban J connectivity index is 0.000000379. The van der Waals surface area contributed by atoms with Gasteiger partial charge in [0.1, 0.15) is 17.2 Å². The number of hydrogen-bond acceptors (Lipinski definition) is 5. The van der Waals surface area contributed by atoms with Gasteiger partial charge in [0.2, 0.25) is 0 Å². The van der Waals surface area contributed by atoms with E-state index in [-0.39, 0.29) is 18.6 Å². The molecule has 2 aliphatic rings. The van der Waals surface area contributed by atoms with E-state index in [4.69, 9.17) is 19.8 Å². The number of carbonyl (C=O) groups excluding carboxylic acids is 1. The van der Waals surface area contributed by atoms with Crippen LogP contribution in [0.5, 0.6) is 0 Å². The van der Waals surface area contributed by atoms with E-state index in [0.29, 0.717) is 12.5 Å². The molecule has 6 aromatic rings. The van der Waals surface area contributed by atoms with Crippen LogP contribution in [0.25, 0.3) is 44.4 Å². The number of carboxylic acid groups (broad SMARTS) is 1. The molecule has 0 radical (unpaired) electrons. The third-order valence-electron chi connectivity index (χ3n) is 10.0. The molecule has 272 valence electrons. The van der Waals surface area contributed by atoms with Gasteiger partial charge in [0.05, 0.1) is 36.2 Å². The molecule has 9 nitrogen and oxygen atoms in total. The standard InChI is InChI=1S/C36H39N5O2.C8H8O2/c1-36(2,3)43-35(42)41-20-8-13-32(41)34-38-22-31(40-34)29-19-18-26(27-11-6-7-12-28(27)29)23-14-16-24(17-15-23)30-21-37-33(39-30)25-9-4-5-10-25;9-8(10)6-7-4-2-1-3-5-7/h6-7,11-12,14-19,21-22,25,32H,4-5,8-10,13,20H2,1-3H3,(H,37,39)(H,38,40);1-5H,6H2,(H,9,10)/t32-;/m0./s1. The lowest BCUT2D eigenvalue weighted by atomic mass is 9.93. The quantitative estimate of drug-likeness (QED) is 0.152. The number of hydrogen-bond donors (Lipinski definition) is 3. The van der Waals surface area contributed by atoms with E-state index in [1.165, 1.54) is 42.2 Å². The Labute approximate surface area is 310 Å². The molecule has 2 fully saturated rings. The van der Waals surface area contributed by atoms with Gasteiger partial charge in [-0.05, 0) is 79.5 Å². The Kier molecular flexibility index (Phi) is 10.4. The predicted molar refractivity (Wildman–Crippen MR) is 208 cm³/mol. The van der Waals surface area contributed by atoms with Crippen LogP contribution in [0.1, 0.15) is 88.5 Å². The highest BCUT2D eigenvalue weighted by Gasteiger charge is 2.35. The molecule has 1 aliphatic heterocycles. The summed E-state index contributed by atoms with van der Waals surface area (Å²) in [5.74, 6) is 1.72. The molecule has 0 spiro atoms. The number of carboxylic acids is 1. The second-order valence-corrected chi connectivity index (χ2v) is 15.0. The summed E-state index contributed by atoms with van der Waals surface area (Å²) in [5, 5.41) is 10.7. The SMILES string of the molecule is CC(C)(C)OC(=O)N1CCC[C@H]1c1ncc(-c2ccc(-c3ccc(-c4cnc(C5CCCC5)[nH]4)cc3)c3ccccc23)[nH]1.O=C(O)Cc1ccccc1. The molecule has 3 heterocycles. The normalized spacial score (nSPS) is 16.1. The van der Waals surface area contributed by atoms with Crippen molar-refractivity contribution in [2.24, 2.45) is 0 Å². The molecule has 1 saturated heterocycles. The highest BCUT2D eigenvalue weighted by molar-refractivity contribution is 6.04. The van der Waals surface area contributed by atoms with Crippen molar-refractivity contribution >= 4 is 22.8 Å². The van der Waals surface area contributed by atoms with Crippen molar-refractivity contribution in [2.75, 3.05) is 6.54 Å². The summed E-state index contributed by atoms with van der Waals surface area (Å²) < 4.78 is 5.67. The van der Waals surface area contributed by atoms with Crippen molar-refractivity contribution in [3.8, 4) is 33.6 Å². The van der Waals surface area contributed by atoms with Crippen LogP contribution in [-0.2, 0) is 16.0 Å². The number of benzene rings is 4. The van der Waals surface area contributed by atoms with Gasteiger partial charge in [-0.1, -0.05) is 104 Å². The fraction of sp³-hybridized carbons (Fsp3) is 0.318. The average Bonchev–Trinajstić information content (AvgIpc) is 3.98. The first-order valence-corrected chi connectivity index (χ1v) is 18.6. The number of nitrogens with one attached hydrogen (secondary N) is 2. The number of carbonyl (C=O) groups is 2. The van der Waals surface area contributed by atoms with Crippen molar-refractivity contribution in [1.29, 1.82) is 0 Å². The molecule has 1 atom stereocenters. The lowest BCUT2D eigenvalue weighted by molar-refractivity contribution is -0.136. The monoisotopic (exact) mass is 709 g/mol. The Morgan fingerprint density at radius 2 is 1.34 bits per heavy atom. The molecule has 9 heteroatoms. The number of ether oxygens (including phenoxy) is 1. The van der Waals surface area contributed by atoms with Gasteiger partial charge in [-0.2, -0.15) is 0 Å². The Morgan fingerprint density at radius 3 is 2.04 bits per heavy atom. The number of fused-ring (bicyclic) bond motifs is 1. The van der Waals surface area contributed by atoms with Crippen molar-refractivity contribution in [2.45, 2.75) is 83.3 Å². The van der Waals surface area contributed by atoms with Gasteiger partial charge in [0.15, 0.2) is 0 Å². The van der Waals surface area contributed by atoms with Gasteiger partial charge in [0, 0.05) is 18.0 Å². The number of likely N-dealkylation sites (tertiary alicyclic amines) is 1.